The zero-order chi connectivity index (χ0) is 14.1. The first-order valence-electron chi connectivity index (χ1n) is 6.17. The molecule has 1 aromatic carbocycles. The predicted molar refractivity (Wildman–Crippen MR) is 75.5 cm³/mol. The molecule has 3 rings (SSSR count). The normalized spacial score (nSPS) is 14.8. The smallest absolute Gasteiger partial charge is 0.229 e. The third-order valence-electron chi connectivity index (χ3n) is 3.21. The summed E-state index contributed by atoms with van der Waals surface area (Å²) in [7, 11) is 0. The van der Waals surface area contributed by atoms with Gasteiger partial charge in [-0.25, -0.2) is 4.39 Å². The number of ether oxygens (including phenoxy) is 1. The first-order chi connectivity index (χ1) is 9.65. The van der Waals surface area contributed by atoms with Crippen molar-refractivity contribution in [3.05, 3.63) is 45.9 Å². The van der Waals surface area contributed by atoms with E-state index in [4.69, 9.17) is 10.5 Å². The van der Waals surface area contributed by atoms with Gasteiger partial charge in [0.2, 0.25) is 5.91 Å². The van der Waals surface area contributed by atoms with E-state index in [1.54, 1.807) is 11.3 Å². The van der Waals surface area contributed by atoms with Crippen molar-refractivity contribution in [1.29, 1.82) is 0 Å². The molecule has 0 radical (unpaired) electrons. The molecule has 1 atom stereocenters. The Labute approximate surface area is 119 Å². The highest BCUT2D eigenvalue weighted by atomic mass is 32.1. The van der Waals surface area contributed by atoms with Gasteiger partial charge in [-0.1, -0.05) is 0 Å². The fourth-order valence-electron chi connectivity index (χ4n) is 2.15. The molecule has 1 aliphatic heterocycles. The van der Waals surface area contributed by atoms with E-state index >= 15 is 0 Å². The van der Waals surface area contributed by atoms with Crippen molar-refractivity contribution in [2.45, 2.75) is 12.5 Å². The zero-order valence-electron chi connectivity index (χ0n) is 10.6. The standard InChI is InChI=1S/C14H13FN2O2S/c15-10-1-2-12(9-5-13(18)17-14(9)10)19-6-11(16)8-3-4-20-7-8/h1-4,7,11H,5-6,16H2,(H,17,18). The molecule has 0 spiro atoms. The van der Waals surface area contributed by atoms with Gasteiger partial charge in [0.25, 0.3) is 0 Å². The number of anilines is 1. The highest BCUT2D eigenvalue weighted by Crippen LogP contribution is 2.34. The molecule has 1 unspecified atom stereocenters. The summed E-state index contributed by atoms with van der Waals surface area (Å²) in [5.41, 5.74) is 7.80. The van der Waals surface area contributed by atoms with Crippen LogP contribution in [0.15, 0.2) is 29.0 Å². The van der Waals surface area contributed by atoms with Crippen LogP contribution < -0.4 is 15.8 Å². The van der Waals surface area contributed by atoms with Crippen LogP contribution in [0, 0.1) is 5.82 Å². The van der Waals surface area contributed by atoms with Crippen LogP contribution in [0.25, 0.3) is 0 Å². The number of amides is 1. The molecule has 1 aromatic heterocycles. The average molecular weight is 292 g/mol. The molecule has 20 heavy (non-hydrogen) atoms. The molecular formula is C14H13FN2O2S. The number of carbonyl (C=O) groups excluding carboxylic acids is 1. The Kier molecular flexibility index (Phi) is 3.42. The Hall–Kier alpha value is -1.92. The minimum atomic E-state index is -0.444. The molecule has 0 saturated carbocycles. The minimum absolute atomic E-state index is 0.135. The molecule has 6 heteroatoms. The number of hydrogen-bond donors (Lipinski definition) is 2. The Bertz CT molecular complexity index is 643. The number of hydrogen-bond acceptors (Lipinski definition) is 4. The lowest BCUT2D eigenvalue weighted by Gasteiger charge is -2.14. The monoisotopic (exact) mass is 292 g/mol. The molecule has 3 N–H and O–H groups in total. The van der Waals surface area contributed by atoms with Crippen LogP contribution in [0.1, 0.15) is 17.2 Å². The molecule has 0 saturated heterocycles. The third-order valence-corrected chi connectivity index (χ3v) is 3.91. The molecule has 2 heterocycles. The van der Waals surface area contributed by atoms with Gasteiger partial charge in [0.1, 0.15) is 18.2 Å². The summed E-state index contributed by atoms with van der Waals surface area (Å²) < 4.78 is 19.2. The summed E-state index contributed by atoms with van der Waals surface area (Å²) in [5, 5.41) is 6.42. The Morgan fingerprint density at radius 2 is 2.30 bits per heavy atom. The lowest BCUT2D eigenvalue weighted by Crippen LogP contribution is -2.18. The number of thiophene rings is 1. The van der Waals surface area contributed by atoms with E-state index in [1.165, 1.54) is 12.1 Å². The lowest BCUT2D eigenvalue weighted by atomic mass is 10.1. The quantitative estimate of drug-likeness (QED) is 0.910. The molecule has 2 aromatic rings. The average Bonchev–Trinajstić information content (AvgIpc) is 3.06. The second-order valence-electron chi connectivity index (χ2n) is 4.60. The zero-order valence-corrected chi connectivity index (χ0v) is 11.4. The fourth-order valence-corrected chi connectivity index (χ4v) is 2.88. The van der Waals surface area contributed by atoms with Crippen LogP contribution in [0.5, 0.6) is 5.75 Å². The summed E-state index contributed by atoms with van der Waals surface area (Å²) in [6.07, 6.45) is 0.135. The second-order valence-corrected chi connectivity index (χ2v) is 5.38. The van der Waals surface area contributed by atoms with Crippen molar-refractivity contribution in [1.82, 2.24) is 0 Å². The van der Waals surface area contributed by atoms with Crippen molar-refractivity contribution in [2.75, 3.05) is 11.9 Å². The minimum Gasteiger partial charge on any atom is -0.491 e. The topological polar surface area (TPSA) is 64.3 Å². The number of rotatable bonds is 4. The van der Waals surface area contributed by atoms with E-state index < -0.39 is 5.82 Å². The summed E-state index contributed by atoms with van der Waals surface area (Å²) in [6.45, 7) is 0.281. The van der Waals surface area contributed by atoms with E-state index in [9.17, 15) is 9.18 Å². The highest BCUT2D eigenvalue weighted by molar-refractivity contribution is 7.07. The van der Waals surface area contributed by atoms with Gasteiger partial charge in [0, 0.05) is 5.56 Å². The number of nitrogens with two attached hydrogens (primary N) is 1. The van der Waals surface area contributed by atoms with Crippen molar-refractivity contribution in [2.24, 2.45) is 5.73 Å². The summed E-state index contributed by atoms with van der Waals surface area (Å²) in [4.78, 5) is 11.4. The number of carbonyl (C=O) groups is 1. The number of nitrogens with one attached hydrogen (secondary N) is 1. The van der Waals surface area contributed by atoms with Crippen LogP contribution in [0.4, 0.5) is 10.1 Å². The fraction of sp³-hybridized carbons (Fsp3) is 0.214. The molecule has 0 aliphatic carbocycles. The maximum Gasteiger partial charge on any atom is 0.229 e. The molecule has 1 aliphatic rings. The van der Waals surface area contributed by atoms with Gasteiger partial charge in [0.15, 0.2) is 0 Å². The van der Waals surface area contributed by atoms with Crippen LogP contribution >= 0.6 is 11.3 Å². The van der Waals surface area contributed by atoms with Crippen molar-refractivity contribution < 1.29 is 13.9 Å². The van der Waals surface area contributed by atoms with Crippen molar-refractivity contribution in [3.8, 4) is 5.75 Å². The highest BCUT2D eigenvalue weighted by Gasteiger charge is 2.25. The van der Waals surface area contributed by atoms with Crippen LogP contribution in [0.3, 0.4) is 0 Å². The van der Waals surface area contributed by atoms with Gasteiger partial charge >= 0.3 is 0 Å². The van der Waals surface area contributed by atoms with Gasteiger partial charge in [-0.2, -0.15) is 11.3 Å². The van der Waals surface area contributed by atoms with E-state index in [1.807, 2.05) is 16.8 Å². The van der Waals surface area contributed by atoms with Gasteiger partial charge in [-0.05, 0) is 34.5 Å². The number of fused-ring (bicyclic) bond motifs is 1. The molecule has 0 fully saturated rings. The first kappa shape index (κ1) is 13.1. The maximum absolute atomic E-state index is 13.6. The van der Waals surface area contributed by atoms with Gasteiger partial charge in [-0.15, -0.1) is 0 Å². The van der Waals surface area contributed by atoms with E-state index in [0.717, 1.165) is 5.56 Å². The second kappa shape index (κ2) is 5.22. The van der Waals surface area contributed by atoms with Crippen LogP contribution in [-0.2, 0) is 11.2 Å². The molecular weight excluding hydrogens is 279 g/mol. The SMILES string of the molecule is NC(COc1ccc(F)c2c1CC(=O)N2)c1ccsc1. The van der Waals surface area contributed by atoms with E-state index in [2.05, 4.69) is 5.32 Å². The maximum atomic E-state index is 13.6. The van der Waals surface area contributed by atoms with Crippen LogP contribution in [0.2, 0.25) is 0 Å². The molecule has 1 amide bonds. The van der Waals surface area contributed by atoms with Gasteiger partial charge < -0.3 is 15.8 Å². The molecule has 0 bridgehead atoms. The Balaban J connectivity index is 1.76. The van der Waals surface area contributed by atoms with Crippen LogP contribution in [-0.4, -0.2) is 12.5 Å². The number of benzene rings is 1. The number of halogens is 1. The lowest BCUT2D eigenvalue weighted by molar-refractivity contribution is -0.115. The Morgan fingerprint density at radius 3 is 3.05 bits per heavy atom. The van der Waals surface area contributed by atoms with E-state index in [0.29, 0.717) is 11.3 Å². The largest absolute Gasteiger partial charge is 0.491 e. The third kappa shape index (κ3) is 2.39. The van der Waals surface area contributed by atoms with Gasteiger partial charge in [-0.3, -0.25) is 4.79 Å². The predicted octanol–water partition coefficient (Wildman–Crippen LogP) is 2.46. The van der Waals surface area contributed by atoms with Crippen molar-refractivity contribution in [3.63, 3.8) is 0 Å². The van der Waals surface area contributed by atoms with E-state index in [-0.39, 0.29) is 30.7 Å². The van der Waals surface area contributed by atoms with Gasteiger partial charge in [0.05, 0.1) is 18.2 Å². The van der Waals surface area contributed by atoms with Crippen molar-refractivity contribution >= 4 is 22.9 Å². The molecule has 4 nitrogen and oxygen atoms in total. The first-order valence-corrected chi connectivity index (χ1v) is 7.11. The molecule has 104 valence electrons. The summed E-state index contributed by atoms with van der Waals surface area (Å²) in [5.74, 6) is -0.164. The summed E-state index contributed by atoms with van der Waals surface area (Å²) >= 11 is 1.57. The summed E-state index contributed by atoms with van der Waals surface area (Å²) in [6, 6.07) is 4.52. The Morgan fingerprint density at radius 1 is 1.45 bits per heavy atom.